The Bertz CT molecular complexity index is 1090. The molecular formula is C22H21N3O2S. The Labute approximate surface area is 168 Å². The monoisotopic (exact) mass is 391 g/mol. The number of aryl methyl sites for hydroxylation is 1. The van der Waals surface area contributed by atoms with E-state index in [9.17, 15) is 4.79 Å². The number of rotatable bonds is 4. The van der Waals surface area contributed by atoms with Gasteiger partial charge in [-0.2, -0.15) is 5.10 Å². The van der Waals surface area contributed by atoms with E-state index in [1.54, 1.807) is 38.0 Å². The zero-order valence-electron chi connectivity index (χ0n) is 16.1. The first kappa shape index (κ1) is 18.4. The van der Waals surface area contributed by atoms with Gasteiger partial charge in [0, 0.05) is 30.8 Å². The van der Waals surface area contributed by atoms with E-state index in [-0.39, 0.29) is 5.91 Å². The Morgan fingerprint density at radius 3 is 2.68 bits per heavy atom. The molecule has 1 aromatic carbocycles. The summed E-state index contributed by atoms with van der Waals surface area (Å²) in [5.41, 5.74) is 4.75. The lowest BCUT2D eigenvalue weighted by Crippen LogP contribution is -2.23. The highest BCUT2D eigenvalue weighted by atomic mass is 32.1. The highest BCUT2D eigenvalue weighted by Gasteiger charge is 2.21. The molecule has 0 radical (unpaired) electrons. The zero-order valence-corrected chi connectivity index (χ0v) is 16.9. The topological polar surface area (TPSA) is 55.3 Å². The van der Waals surface area contributed by atoms with Crippen LogP contribution in [0.1, 0.15) is 28.2 Å². The number of carbonyl (C=O) groups excluding carboxylic acids is 1. The summed E-state index contributed by atoms with van der Waals surface area (Å²) in [6, 6.07) is 10.5. The van der Waals surface area contributed by atoms with E-state index in [1.807, 2.05) is 6.08 Å². The summed E-state index contributed by atoms with van der Waals surface area (Å²) in [5, 5.41) is 9.69. The summed E-state index contributed by atoms with van der Waals surface area (Å²) >= 11 is 1.59. The molecule has 0 saturated carbocycles. The van der Waals surface area contributed by atoms with E-state index in [2.05, 4.69) is 47.5 Å². The third-order valence-corrected chi connectivity index (χ3v) is 5.85. The molecule has 6 heteroatoms. The molecule has 0 saturated heterocycles. The van der Waals surface area contributed by atoms with Gasteiger partial charge in [0.25, 0.3) is 5.91 Å². The molecule has 1 amide bonds. The molecule has 0 fully saturated rings. The molecule has 1 aliphatic heterocycles. The second-order valence-corrected chi connectivity index (χ2v) is 8.13. The molecule has 2 aromatic heterocycles. The minimum atomic E-state index is -0.135. The van der Waals surface area contributed by atoms with E-state index < -0.39 is 0 Å². The second-order valence-electron chi connectivity index (χ2n) is 7.08. The van der Waals surface area contributed by atoms with Crippen LogP contribution in [0.15, 0.2) is 54.5 Å². The molecule has 1 aliphatic rings. The number of ether oxygens (including phenoxy) is 1. The van der Waals surface area contributed by atoms with Crippen LogP contribution in [-0.4, -0.2) is 35.1 Å². The van der Waals surface area contributed by atoms with Gasteiger partial charge < -0.3 is 9.64 Å². The van der Waals surface area contributed by atoms with Crippen molar-refractivity contribution >= 4 is 27.3 Å². The maximum Gasteiger partial charge on any atom is 0.275 e. The molecule has 3 heterocycles. The maximum atomic E-state index is 12.6. The zero-order chi connectivity index (χ0) is 19.7. The molecule has 0 N–H and O–H groups in total. The van der Waals surface area contributed by atoms with Crippen molar-refractivity contribution in [3.8, 4) is 10.4 Å². The quantitative estimate of drug-likeness (QED) is 0.645. The van der Waals surface area contributed by atoms with Gasteiger partial charge in [-0.1, -0.05) is 29.8 Å². The number of hydrogen-bond acceptors (Lipinski definition) is 5. The van der Waals surface area contributed by atoms with E-state index in [4.69, 9.17) is 4.74 Å². The molecule has 4 rings (SSSR count). The Kier molecular flexibility index (Phi) is 4.96. The van der Waals surface area contributed by atoms with Crippen LogP contribution in [0.2, 0.25) is 0 Å². The van der Waals surface area contributed by atoms with Crippen LogP contribution in [0.5, 0.6) is 0 Å². The summed E-state index contributed by atoms with van der Waals surface area (Å²) in [6.07, 6.45) is 6.91. The van der Waals surface area contributed by atoms with Crippen molar-refractivity contribution in [3.63, 3.8) is 0 Å². The molecule has 5 nitrogen and oxygen atoms in total. The largest absolute Gasteiger partial charge is 0.473 e. The number of thiophene rings is 1. The van der Waals surface area contributed by atoms with Crippen molar-refractivity contribution in [1.82, 2.24) is 15.1 Å². The Morgan fingerprint density at radius 2 is 2.00 bits per heavy atom. The SMILES string of the molecule is Cc1ccc(-c2cc3c(CC4=COC=CC4)nnc(C(=O)N(C)C)c3s2)cc1. The highest BCUT2D eigenvalue weighted by molar-refractivity contribution is 7.22. The van der Waals surface area contributed by atoms with Gasteiger partial charge in [-0.25, -0.2) is 0 Å². The third kappa shape index (κ3) is 3.55. The van der Waals surface area contributed by atoms with Crippen molar-refractivity contribution < 1.29 is 9.53 Å². The minimum Gasteiger partial charge on any atom is -0.473 e. The molecule has 3 aromatic rings. The van der Waals surface area contributed by atoms with Crippen LogP contribution in [0, 0.1) is 6.92 Å². The average molecular weight is 391 g/mol. The first-order valence-corrected chi connectivity index (χ1v) is 9.91. The maximum absolute atomic E-state index is 12.6. The number of nitrogens with zero attached hydrogens (tertiary/aromatic N) is 3. The summed E-state index contributed by atoms with van der Waals surface area (Å²) in [5.74, 6) is -0.135. The number of allylic oxidation sites excluding steroid dienone is 2. The predicted octanol–water partition coefficient (Wildman–Crippen LogP) is 4.73. The molecule has 0 atom stereocenters. The number of benzene rings is 1. The van der Waals surface area contributed by atoms with Gasteiger partial charge in [-0.15, -0.1) is 16.4 Å². The third-order valence-electron chi connectivity index (χ3n) is 4.66. The van der Waals surface area contributed by atoms with Gasteiger partial charge in [-0.3, -0.25) is 4.79 Å². The fourth-order valence-corrected chi connectivity index (χ4v) is 4.26. The Morgan fingerprint density at radius 1 is 1.21 bits per heavy atom. The van der Waals surface area contributed by atoms with Crippen LogP contribution in [0.3, 0.4) is 0 Å². The number of aromatic nitrogens is 2. The Hall–Kier alpha value is -2.99. The first-order chi connectivity index (χ1) is 13.5. The summed E-state index contributed by atoms with van der Waals surface area (Å²) in [7, 11) is 3.46. The van der Waals surface area contributed by atoms with Crippen LogP contribution in [0.25, 0.3) is 20.5 Å². The van der Waals surface area contributed by atoms with E-state index >= 15 is 0 Å². The van der Waals surface area contributed by atoms with Gasteiger partial charge in [-0.05, 0) is 36.6 Å². The van der Waals surface area contributed by atoms with Gasteiger partial charge in [0.05, 0.1) is 22.9 Å². The van der Waals surface area contributed by atoms with Gasteiger partial charge in [0.2, 0.25) is 0 Å². The molecule has 0 bridgehead atoms. The summed E-state index contributed by atoms with van der Waals surface area (Å²) in [6.45, 7) is 2.07. The van der Waals surface area contributed by atoms with Crippen molar-refractivity contribution in [1.29, 1.82) is 0 Å². The van der Waals surface area contributed by atoms with E-state index in [0.717, 1.165) is 38.2 Å². The second kappa shape index (κ2) is 7.56. The van der Waals surface area contributed by atoms with E-state index in [0.29, 0.717) is 12.1 Å². The van der Waals surface area contributed by atoms with Gasteiger partial charge in [0.1, 0.15) is 0 Å². The number of hydrogen-bond donors (Lipinski definition) is 0. The molecule has 0 unspecified atom stereocenters. The lowest BCUT2D eigenvalue weighted by atomic mass is 10.0. The lowest BCUT2D eigenvalue weighted by molar-refractivity contribution is 0.0823. The van der Waals surface area contributed by atoms with Crippen molar-refractivity contribution in [2.45, 2.75) is 19.8 Å². The van der Waals surface area contributed by atoms with Crippen LogP contribution in [0.4, 0.5) is 0 Å². The number of carbonyl (C=O) groups is 1. The molecule has 0 spiro atoms. The smallest absolute Gasteiger partial charge is 0.275 e. The number of amides is 1. The van der Waals surface area contributed by atoms with Crippen molar-refractivity contribution in [3.05, 3.63) is 71.5 Å². The lowest BCUT2D eigenvalue weighted by Gasteiger charge is -2.12. The number of fused-ring (bicyclic) bond motifs is 1. The molecular weight excluding hydrogens is 370 g/mol. The molecule has 142 valence electrons. The van der Waals surface area contributed by atoms with E-state index in [1.165, 1.54) is 10.5 Å². The van der Waals surface area contributed by atoms with Gasteiger partial charge >= 0.3 is 0 Å². The van der Waals surface area contributed by atoms with Crippen LogP contribution >= 0.6 is 11.3 Å². The molecule has 0 aliphatic carbocycles. The minimum absolute atomic E-state index is 0.135. The van der Waals surface area contributed by atoms with Gasteiger partial charge in [0.15, 0.2) is 5.69 Å². The average Bonchev–Trinajstić information content (AvgIpc) is 3.15. The van der Waals surface area contributed by atoms with Crippen LogP contribution < -0.4 is 0 Å². The fourth-order valence-electron chi connectivity index (χ4n) is 3.10. The predicted molar refractivity (Wildman–Crippen MR) is 112 cm³/mol. The standard InChI is InChI=1S/C22H21N3O2S/c1-14-6-8-16(9-7-14)19-12-17-18(11-15-5-4-10-27-13-15)23-24-20(21(17)28-19)22(26)25(2)3/h4,6-10,12-13H,5,11H2,1-3H3. The normalized spacial score (nSPS) is 13.3. The summed E-state index contributed by atoms with van der Waals surface area (Å²) in [4.78, 5) is 15.3. The summed E-state index contributed by atoms with van der Waals surface area (Å²) < 4.78 is 6.18. The first-order valence-electron chi connectivity index (χ1n) is 9.09. The Balaban J connectivity index is 1.84. The molecule has 28 heavy (non-hydrogen) atoms. The van der Waals surface area contributed by atoms with Crippen LogP contribution in [-0.2, 0) is 11.2 Å². The van der Waals surface area contributed by atoms with Crippen molar-refractivity contribution in [2.24, 2.45) is 0 Å². The fraction of sp³-hybridized carbons (Fsp3) is 0.227. The van der Waals surface area contributed by atoms with Crippen molar-refractivity contribution in [2.75, 3.05) is 14.1 Å². The highest BCUT2D eigenvalue weighted by Crippen LogP contribution is 2.37.